The predicted molar refractivity (Wildman–Crippen MR) is 58.7 cm³/mol. The van der Waals surface area contributed by atoms with Crippen molar-refractivity contribution in [1.82, 2.24) is 20.2 Å². The van der Waals surface area contributed by atoms with Crippen LogP contribution in [0.5, 0.6) is 0 Å². The van der Waals surface area contributed by atoms with Gasteiger partial charge in [-0.15, -0.1) is 5.10 Å². The Kier molecular flexibility index (Phi) is 3.12. The number of anilines is 1. The van der Waals surface area contributed by atoms with Crippen molar-refractivity contribution in [2.75, 3.05) is 5.73 Å². The number of alkyl halides is 3. The summed E-state index contributed by atoms with van der Waals surface area (Å²) in [5, 5.41) is 10.3. The van der Waals surface area contributed by atoms with Gasteiger partial charge in [-0.1, -0.05) is 17.7 Å². The number of nitrogens with two attached hydrogens (primary N) is 1. The molecule has 2 rings (SSSR count). The molecule has 2 N–H and O–H groups in total. The molecule has 5 nitrogen and oxygen atoms in total. The van der Waals surface area contributed by atoms with E-state index in [1.807, 2.05) is 0 Å². The quantitative estimate of drug-likeness (QED) is 0.854. The van der Waals surface area contributed by atoms with Crippen LogP contribution in [-0.2, 0) is 6.54 Å². The molecular weight excluding hydrogens is 271 g/mol. The number of halogens is 4. The zero-order chi connectivity index (χ0) is 13.3. The first-order valence-corrected chi connectivity index (χ1v) is 5.13. The molecule has 9 heteroatoms. The lowest BCUT2D eigenvalue weighted by atomic mass is 10.1. The number of aromatic nitrogens is 4. The Morgan fingerprint density at radius 1 is 1.33 bits per heavy atom. The van der Waals surface area contributed by atoms with Crippen molar-refractivity contribution in [3.63, 3.8) is 0 Å². The van der Waals surface area contributed by atoms with Gasteiger partial charge in [-0.05, 0) is 22.6 Å². The lowest BCUT2D eigenvalue weighted by Crippen LogP contribution is -2.19. The average Bonchev–Trinajstić information content (AvgIpc) is 2.67. The van der Waals surface area contributed by atoms with E-state index in [-0.39, 0.29) is 22.1 Å². The minimum absolute atomic E-state index is 0.0766. The molecular formula is C9H7ClF3N5. The lowest BCUT2D eigenvalue weighted by Gasteiger charge is -2.09. The zero-order valence-corrected chi connectivity index (χ0v) is 9.57. The summed E-state index contributed by atoms with van der Waals surface area (Å²) >= 11 is 5.79. The standard InChI is InChI=1S/C9H7ClF3N5/c10-6-3-1-2-5(7(6)14)8-15-16-17-18(8)4-9(11,12)13/h1-3H,4,14H2. The Bertz CT molecular complexity index is 566. The molecule has 0 saturated carbocycles. The number of hydrogen-bond acceptors (Lipinski definition) is 4. The fourth-order valence-electron chi connectivity index (χ4n) is 1.41. The van der Waals surface area contributed by atoms with Gasteiger partial charge < -0.3 is 5.73 Å². The molecule has 0 spiro atoms. The van der Waals surface area contributed by atoms with Gasteiger partial charge in [0.2, 0.25) is 0 Å². The van der Waals surface area contributed by atoms with Crippen LogP contribution in [0.25, 0.3) is 11.4 Å². The molecule has 0 amide bonds. The molecule has 0 fully saturated rings. The fourth-order valence-corrected chi connectivity index (χ4v) is 1.58. The Hall–Kier alpha value is -1.83. The number of para-hydroxylation sites is 1. The molecule has 0 bridgehead atoms. The summed E-state index contributed by atoms with van der Waals surface area (Å²) in [6, 6.07) is 4.58. The largest absolute Gasteiger partial charge is 0.408 e. The molecule has 0 radical (unpaired) electrons. The highest BCUT2D eigenvalue weighted by Gasteiger charge is 2.30. The van der Waals surface area contributed by atoms with Gasteiger partial charge in [0.05, 0.1) is 10.7 Å². The highest BCUT2D eigenvalue weighted by atomic mass is 35.5. The highest BCUT2D eigenvalue weighted by Crippen LogP contribution is 2.30. The van der Waals surface area contributed by atoms with E-state index in [1.54, 1.807) is 6.07 Å². The number of benzene rings is 1. The highest BCUT2D eigenvalue weighted by molar-refractivity contribution is 6.33. The SMILES string of the molecule is Nc1c(Cl)cccc1-c1nnnn1CC(F)(F)F. The number of rotatable bonds is 2. The summed E-state index contributed by atoms with van der Waals surface area (Å²) in [6.45, 7) is -1.29. The first-order chi connectivity index (χ1) is 8.38. The molecule has 0 aliphatic rings. The molecule has 1 aromatic carbocycles. The summed E-state index contributed by atoms with van der Waals surface area (Å²) < 4.78 is 37.6. The topological polar surface area (TPSA) is 69.6 Å². The molecule has 0 unspecified atom stereocenters. The third-order valence-electron chi connectivity index (χ3n) is 2.15. The van der Waals surface area contributed by atoms with E-state index in [4.69, 9.17) is 17.3 Å². The molecule has 0 aliphatic carbocycles. The Morgan fingerprint density at radius 3 is 2.72 bits per heavy atom. The minimum Gasteiger partial charge on any atom is -0.397 e. The third-order valence-corrected chi connectivity index (χ3v) is 2.48. The average molecular weight is 278 g/mol. The summed E-state index contributed by atoms with van der Waals surface area (Å²) in [7, 11) is 0. The van der Waals surface area contributed by atoms with Gasteiger partial charge in [0.25, 0.3) is 0 Å². The molecule has 1 aromatic heterocycles. The zero-order valence-electron chi connectivity index (χ0n) is 8.82. The summed E-state index contributed by atoms with van der Waals surface area (Å²) in [5.41, 5.74) is 6.08. The number of hydrogen-bond donors (Lipinski definition) is 1. The van der Waals surface area contributed by atoms with Crippen molar-refractivity contribution < 1.29 is 13.2 Å². The van der Waals surface area contributed by atoms with Crippen LogP contribution >= 0.6 is 11.6 Å². The number of nitrogen functional groups attached to an aromatic ring is 1. The monoisotopic (exact) mass is 277 g/mol. The second-order valence-electron chi connectivity index (χ2n) is 3.48. The maximum absolute atomic E-state index is 12.3. The van der Waals surface area contributed by atoms with E-state index >= 15 is 0 Å². The normalized spacial score (nSPS) is 11.8. The molecule has 0 saturated heterocycles. The smallest absolute Gasteiger partial charge is 0.397 e. The molecule has 0 aliphatic heterocycles. The van der Waals surface area contributed by atoms with Crippen molar-refractivity contribution in [3.8, 4) is 11.4 Å². The number of nitrogens with zero attached hydrogens (tertiary/aromatic N) is 4. The van der Waals surface area contributed by atoms with E-state index in [1.165, 1.54) is 12.1 Å². The van der Waals surface area contributed by atoms with E-state index in [9.17, 15) is 13.2 Å². The van der Waals surface area contributed by atoms with Crippen LogP contribution in [0.15, 0.2) is 18.2 Å². The van der Waals surface area contributed by atoms with Gasteiger partial charge >= 0.3 is 6.18 Å². The van der Waals surface area contributed by atoms with Crippen molar-refractivity contribution in [3.05, 3.63) is 23.2 Å². The van der Waals surface area contributed by atoms with Crippen molar-refractivity contribution in [2.45, 2.75) is 12.7 Å². The van der Waals surface area contributed by atoms with Gasteiger partial charge in [-0.3, -0.25) is 0 Å². The van der Waals surface area contributed by atoms with Gasteiger partial charge in [-0.2, -0.15) is 13.2 Å². The fraction of sp³-hybridized carbons (Fsp3) is 0.222. The Morgan fingerprint density at radius 2 is 2.06 bits per heavy atom. The van der Waals surface area contributed by atoms with Gasteiger partial charge in [0.15, 0.2) is 5.82 Å². The second kappa shape index (κ2) is 4.45. The van der Waals surface area contributed by atoms with Crippen LogP contribution in [-0.4, -0.2) is 26.4 Å². The van der Waals surface area contributed by atoms with E-state index in [0.29, 0.717) is 4.68 Å². The van der Waals surface area contributed by atoms with Crippen LogP contribution in [0.2, 0.25) is 5.02 Å². The Labute approximate surface area is 104 Å². The van der Waals surface area contributed by atoms with Crippen LogP contribution in [0.1, 0.15) is 0 Å². The maximum Gasteiger partial charge on any atom is 0.408 e. The van der Waals surface area contributed by atoms with Crippen LogP contribution < -0.4 is 5.73 Å². The summed E-state index contributed by atoms with van der Waals surface area (Å²) in [4.78, 5) is 0. The van der Waals surface area contributed by atoms with E-state index in [2.05, 4.69) is 15.5 Å². The second-order valence-corrected chi connectivity index (χ2v) is 3.88. The number of tetrazole rings is 1. The molecule has 18 heavy (non-hydrogen) atoms. The van der Waals surface area contributed by atoms with Crippen LogP contribution in [0, 0.1) is 0 Å². The van der Waals surface area contributed by atoms with Crippen LogP contribution in [0.3, 0.4) is 0 Å². The van der Waals surface area contributed by atoms with E-state index in [0.717, 1.165) is 0 Å². The van der Waals surface area contributed by atoms with Crippen LogP contribution in [0.4, 0.5) is 18.9 Å². The van der Waals surface area contributed by atoms with E-state index < -0.39 is 12.7 Å². The summed E-state index contributed by atoms with van der Waals surface area (Å²) in [6.07, 6.45) is -4.42. The predicted octanol–water partition coefficient (Wildman–Crippen LogP) is 2.14. The first-order valence-electron chi connectivity index (χ1n) is 4.76. The lowest BCUT2D eigenvalue weighted by molar-refractivity contribution is -0.142. The van der Waals surface area contributed by atoms with Crippen molar-refractivity contribution in [2.24, 2.45) is 0 Å². The minimum atomic E-state index is -4.42. The molecule has 0 atom stereocenters. The van der Waals surface area contributed by atoms with Gasteiger partial charge in [0, 0.05) is 5.56 Å². The Balaban J connectivity index is 2.46. The molecule has 96 valence electrons. The summed E-state index contributed by atoms with van der Waals surface area (Å²) in [5.74, 6) is -0.0766. The van der Waals surface area contributed by atoms with Gasteiger partial charge in [0.1, 0.15) is 6.54 Å². The molecule has 1 heterocycles. The van der Waals surface area contributed by atoms with Crippen molar-refractivity contribution >= 4 is 17.3 Å². The van der Waals surface area contributed by atoms with Gasteiger partial charge in [-0.25, -0.2) is 4.68 Å². The molecule has 2 aromatic rings. The third kappa shape index (κ3) is 2.53. The first kappa shape index (κ1) is 12.6. The van der Waals surface area contributed by atoms with Crippen molar-refractivity contribution in [1.29, 1.82) is 0 Å². The maximum atomic E-state index is 12.3.